The van der Waals surface area contributed by atoms with Gasteiger partial charge in [0.1, 0.15) is 12.2 Å². The van der Waals surface area contributed by atoms with E-state index in [2.05, 4.69) is 0 Å². The fourth-order valence-corrected chi connectivity index (χ4v) is 1.22. The molecule has 0 spiro atoms. The molecule has 0 amide bonds. The Bertz CT molecular complexity index is 129. The first-order valence-electron chi connectivity index (χ1n) is 3.37. The van der Waals surface area contributed by atoms with Gasteiger partial charge in [-0.25, -0.2) is 0 Å². The van der Waals surface area contributed by atoms with E-state index in [9.17, 15) is 0 Å². The summed E-state index contributed by atoms with van der Waals surface area (Å²) in [7, 11) is 0. The van der Waals surface area contributed by atoms with Gasteiger partial charge in [-0.15, -0.1) is 11.6 Å². The lowest BCUT2D eigenvalue weighted by molar-refractivity contribution is -0.240. The number of ether oxygens (including phenoxy) is 1. The van der Waals surface area contributed by atoms with Crippen molar-refractivity contribution in [1.82, 2.24) is 0 Å². The van der Waals surface area contributed by atoms with Gasteiger partial charge in [-0.1, -0.05) is 0 Å². The molecule has 4 nitrogen and oxygen atoms in total. The molecule has 0 radical (unpaired) electrons. The molecular formula is C6H11ClO4. The van der Waals surface area contributed by atoms with Crippen LogP contribution in [0.1, 0.15) is 6.92 Å². The molecule has 1 aliphatic rings. The molecule has 0 aliphatic carbocycles. The summed E-state index contributed by atoms with van der Waals surface area (Å²) >= 11 is 5.63. The van der Waals surface area contributed by atoms with Crippen LogP contribution >= 0.6 is 11.6 Å². The summed E-state index contributed by atoms with van der Waals surface area (Å²) in [6.45, 7) is 1.62. The minimum atomic E-state index is -1.34. The van der Waals surface area contributed by atoms with Crippen LogP contribution in [0, 0.1) is 0 Å². The Labute approximate surface area is 69.4 Å². The van der Waals surface area contributed by atoms with Crippen LogP contribution in [0.5, 0.6) is 0 Å². The van der Waals surface area contributed by atoms with Gasteiger partial charge in [0.15, 0.2) is 6.29 Å². The van der Waals surface area contributed by atoms with Crippen molar-refractivity contribution in [2.24, 2.45) is 0 Å². The Hall–Kier alpha value is 0.130. The summed E-state index contributed by atoms with van der Waals surface area (Å²) < 4.78 is 4.79. The molecule has 3 N–H and O–H groups in total. The van der Waals surface area contributed by atoms with Crippen molar-refractivity contribution in [1.29, 1.82) is 0 Å². The summed E-state index contributed by atoms with van der Waals surface area (Å²) in [5.74, 6) is 0. The Morgan fingerprint density at radius 1 is 1.18 bits per heavy atom. The van der Waals surface area contributed by atoms with E-state index in [1.165, 1.54) is 0 Å². The Morgan fingerprint density at radius 2 is 1.73 bits per heavy atom. The third-order valence-corrected chi connectivity index (χ3v) is 2.38. The minimum absolute atomic E-state index is 0.454. The maximum absolute atomic E-state index is 9.17. The molecule has 0 saturated carbocycles. The van der Waals surface area contributed by atoms with Gasteiger partial charge in [-0.3, -0.25) is 0 Å². The second kappa shape index (κ2) is 3.25. The van der Waals surface area contributed by atoms with Crippen molar-refractivity contribution < 1.29 is 20.1 Å². The summed E-state index contributed by atoms with van der Waals surface area (Å²) in [6.07, 6.45) is -4.23. The summed E-state index contributed by atoms with van der Waals surface area (Å²) in [5, 5.41) is 26.5. The fourth-order valence-electron chi connectivity index (χ4n) is 1.01. The van der Waals surface area contributed by atoms with Gasteiger partial charge in [-0.2, -0.15) is 0 Å². The highest BCUT2D eigenvalue weighted by Crippen LogP contribution is 2.23. The lowest BCUT2D eigenvalue weighted by atomic mass is 10.0. The molecule has 5 atom stereocenters. The van der Waals surface area contributed by atoms with Crippen LogP contribution in [0.3, 0.4) is 0 Å². The van der Waals surface area contributed by atoms with Crippen molar-refractivity contribution in [2.75, 3.05) is 0 Å². The zero-order valence-electron chi connectivity index (χ0n) is 6.01. The van der Waals surface area contributed by atoms with Gasteiger partial charge in [0.05, 0.1) is 11.5 Å². The molecule has 0 aromatic heterocycles. The zero-order valence-corrected chi connectivity index (χ0v) is 6.77. The molecule has 1 unspecified atom stereocenters. The van der Waals surface area contributed by atoms with Gasteiger partial charge < -0.3 is 20.1 Å². The summed E-state index contributed by atoms with van der Waals surface area (Å²) in [4.78, 5) is 0. The lowest BCUT2D eigenvalue weighted by Crippen LogP contribution is -2.54. The average molecular weight is 183 g/mol. The van der Waals surface area contributed by atoms with Crippen LogP contribution in [0.2, 0.25) is 0 Å². The first kappa shape index (κ1) is 9.22. The van der Waals surface area contributed by atoms with Gasteiger partial charge in [0.25, 0.3) is 0 Å². The van der Waals surface area contributed by atoms with Crippen molar-refractivity contribution in [2.45, 2.75) is 36.9 Å². The smallest absolute Gasteiger partial charge is 0.183 e. The fraction of sp³-hybridized carbons (Fsp3) is 1.00. The van der Waals surface area contributed by atoms with Crippen LogP contribution < -0.4 is 0 Å². The zero-order chi connectivity index (χ0) is 8.59. The molecule has 1 rings (SSSR count). The second-order valence-electron chi connectivity index (χ2n) is 2.66. The monoisotopic (exact) mass is 182 g/mol. The molecule has 0 bridgehead atoms. The van der Waals surface area contributed by atoms with Crippen molar-refractivity contribution in [3.05, 3.63) is 0 Å². The van der Waals surface area contributed by atoms with Crippen molar-refractivity contribution >= 4 is 11.6 Å². The SMILES string of the molecule is C[C@@H]1OC(O)[C@@H](O)[C@H](O)[C@H]1Cl. The molecular weight excluding hydrogens is 172 g/mol. The molecule has 11 heavy (non-hydrogen) atoms. The van der Waals surface area contributed by atoms with E-state index in [4.69, 9.17) is 31.7 Å². The van der Waals surface area contributed by atoms with E-state index < -0.39 is 30.0 Å². The lowest BCUT2D eigenvalue weighted by Gasteiger charge is -2.36. The maximum Gasteiger partial charge on any atom is 0.183 e. The second-order valence-corrected chi connectivity index (χ2v) is 3.16. The number of hydrogen-bond acceptors (Lipinski definition) is 4. The van der Waals surface area contributed by atoms with E-state index in [-0.39, 0.29) is 0 Å². The molecule has 1 aliphatic heterocycles. The van der Waals surface area contributed by atoms with Crippen LogP contribution in [-0.4, -0.2) is 45.3 Å². The third-order valence-electron chi connectivity index (χ3n) is 1.77. The van der Waals surface area contributed by atoms with Crippen molar-refractivity contribution in [3.63, 3.8) is 0 Å². The topological polar surface area (TPSA) is 69.9 Å². The van der Waals surface area contributed by atoms with Crippen LogP contribution in [0.4, 0.5) is 0 Å². The third kappa shape index (κ3) is 1.65. The number of hydrogen-bond donors (Lipinski definition) is 3. The van der Waals surface area contributed by atoms with Crippen LogP contribution in [0.15, 0.2) is 0 Å². The van der Waals surface area contributed by atoms with E-state index in [0.717, 1.165) is 0 Å². The van der Waals surface area contributed by atoms with E-state index in [1.54, 1.807) is 6.92 Å². The normalized spacial score (nSPS) is 52.6. The molecule has 1 saturated heterocycles. The highest BCUT2D eigenvalue weighted by molar-refractivity contribution is 6.21. The quantitative estimate of drug-likeness (QED) is 0.423. The first-order valence-corrected chi connectivity index (χ1v) is 3.81. The van der Waals surface area contributed by atoms with Crippen LogP contribution in [-0.2, 0) is 4.74 Å². The Morgan fingerprint density at radius 3 is 2.27 bits per heavy atom. The molecule has 5 heteroatoms. The number of rotatable bonds is 0. The molecule has 66 valence electrons. The highest BCUT2D eigenvalue weighted by atomic mass is 35.5. The average Bonchev–Trinajstić information content (AvgIpc) is 1.97. The number of alkyl halides is 1. The van der Waals surface area contributed by atoms with E-state index in [1.807, 2.05) is 0 Å². The standard InChI is InChI=1S/C6H11ClO4/c1-2-3(7)4(8)5(9)6(10)11-2/h2-6,8-10H,1H3/t2-,3-,4+,5-,6?/m0/s1. The largest absolute Gasteiger partial charge is 0.389 e. The Balaban J connectivity index is 2.63. The van der Waals surface area contributed by atoms with Gasteiger partial charge in [0, 0.05) is 0 Å². The summed E-state index contributed by atoms with van der Waals surface area (Å²) in [6, 6.07) is 0. The molecule has 0 aromatic carbocycles. The predicted octanol–water partition coefficient (Wildman–Crippen LogP) is -0.947. The molecule has 0 aromatic rings. The predicted molar refractivity (Wildman–Crippen MR) is 38.2 cm³/mol. The number of aliphatic hydroxyl groups excluding tert-OH is 3. The molecule has 1 fully saturated rings. The van der Waals surface area contributed by atoms with E-state index >= 15 is 0 Å². The van der Waals surface area contributed by atoms with Crippen molar-refractivity contribution in [3.8, 4) is 0 Å². The highest BCUT2D eigenvalue weighted by Gasteiger charge is 2.40. The molecule has 1 heterocycles. The van der Waals surface area contributed by atoms with Gasteiger partial charge in [0.2, 0.25) is 0 Å². The van der Waals surface area contributed by atoms with E-state index in [0.29, 0.717) is 0 Å². The Kier molecular flexibility index (Phi) is 2.72. The first-order chi connectivity index (χ1) is 5.04. The minimum Gasteiger partial charge on any atom is -0.389 e. The maximum atomic E-state index is 9.17. The van der Waals surface area contributed by atoms with Crippen LogP contribution in [0.25, 0.3) is 0 Å². The van der Waals surface area contributed by atoms with Gasteiger partial charge in [-0.05, 0) is 6.92 Å². The number of halogens is 1. The summed E-state index contributed by atoms with van der Waals surface area (Å²) in [5.41, 5.74) is 0. The number of aliphatic hydroxyl groups is 3. The van der Waals surface area contributed by atoms with Gasteiger partial charge >= 0.3 is 0 Å².